The lowest BCUT2D eigenvalue weighted by molar-refractivity contribution is -0.120. The Labute approximate surface area is 118 Å². The minimum atomic E-state index is -0.298. The minimum Gasteiger partial charge on any atom is -0.377 e. The zero-order valence-electron chi connectivity index (χ0n) is 11.7. The van der Waals surface area contributed by atoms with Gasteiger partial charge in [-0.1, -0.05) is 18.2 Å². The molecule has 1 heterocycles. The fourth-order valence-electron chi connectivity index (χ4n) is 2.28. The molecule has 2 atom stereocenters. The monoisotopic (exact) mass is 280 g/mol. The van der Waals surface area contributed by atoms with Gasteiger partial charge in [0.05, 0.1) is 12.6 Å². The molecule has 1 aromatic carbocycles. The second-order valence-corrected chi connectivity index (χ2v) is 5.09. The van der Waals surface area contributed by atoms with E-state index in [1.165, 1.54) is 6.07 Å². The molecule has 0 unspecified atom stereocenters. The normalized spacial score (nSPS) is 19.8. The molecule has 5 heteroatoms. The lowest BCUT2D eigenvalue weighted by Gasteiger charge is -2.19. The average Bonchev–Trinajstić information content (AvgIpc) is 2.98. The molecule has 2 rings (SSSR count). The van der Waals surface area contributed by atoms with Crippen LogP contribution in [0.25, 0.3) is 0 Å². The van der Waals surface area contributed by atoms with Gasteiger partial charge in [-0.3, -0.25) is 4.79 Å². The van der Waals surface area contributed by atoms with Crippen molar-refractivity contribution in [2.24, 2.45) is 0 Å². The third kappa shape index (κ3) is 4.28. The van der Waals surface area contributed by atoms with E-state index in [-0.39, 0.29) is 37.0 Å². The maximum Gasteiger partial charge on any atom is 0.234 e. The summed E-state index contributed by atoms with van der Waals surface area (Å²) in [4.78, 5) is 11.7. The highest BCUT2D eigenvalue weighted by atomic mass is 19.1. The Bertz CT molecular complexity index is 447. The van der Waals surface area contributed by atoms with Crippen molar-refractivity contribution in [3.8, 4) is 0 Å². The van der Waals surface area contributed by atoms with Gasteiger partial charge in [-0.25, -0.2) is 4.39 Å². The molecule has 1 aliphatic rings. The Morgan fingerprint density at radius 3 is 3.00 bits per heavy atom. The second kappa shape index (κ2) is 7.36. The van der Waals surface area contributed by atoms with Crippen LogP contribution in [-0.2, 0) is 16.1 Å². The number of hydrogen-bond acceptors (Lipinski definition) is 3. The number of benzene rings is 1. The molecule has 4 nitrogen and oxygen atoms in total. The largest absolute Gasteiger partial charge is 0.377 e. The van der Waals surface area contributed by atoms with Gasteiger partial charge in [-0.15, -0.1) is 0 Å². The smallest absolute Gasteiger partial charge is 0.234 e. The number of halogens is 1. The van der Waals surface area contributed by atoms with Crippen molar-refractivity contribution in [3.63, 3.8) is 0 Å². The molecule has 20 heavy (non-hydrogen) atoms. The van der Waals surface area contributed by atoms with Crippen molar-refractivity contribution < 1.29 is 13.9 Å². The minimum absolute atomic E-state index is 0.141. The van der Waals surface area contributed by atoms with Gasteiger partial charge in [0.25, 0.3) is 0 Å². The number of carbonyl (C=O) groups is 1. The summed E-state index contributed by atoms with van der Waals surface area (Å²) in [5.41, 5.74) is 0.494. The maximum absolute atomic E-state index is 13.4. The number of hydrogen-bond donors (Lipinski definition) is 2. The van der Waals surface area contributed by atoms with Crippen LogP contribution < -0.4 is 10.6 Å². The molecule has 2 N–H and O–H groups in total. The molecular formula is C15H21FN2O2. The van der Waals surface area contributed by atoms with Gasteiger partial charge in [0.15, 0.2) is 0 Å². The Hall–Kier alpha value is -1.46. The van der Waals surface area contributed by atoms with Crippen molar-refractivity contribution in [2.75, 3.05) is 13.2 Å². The molecule has 0 aromatic heterocycles. The van der Waals surface area contributed by atoms with Crippen LogP contribution in [0.3, 0.4) is 0 Å². The number of rotatable bonds is 6. The van der Waals surface area contributed by atoms with E-state index in [2.05, 4.69) is 10.6 Å². The van der Waals surface area contributed by atoms with E-state index in [4.69, 9.17) is 4.74 Å². The van der Waals surface area contributed by atoms with Crippen molar-refractivity contribution >= 4 is 5.91 Å². The van der Waals surface area contributed by atoms with Crippen molar-refractivity contribution in [1.82, 2.24) is 10.6 Å². The number of carbonyl (C=O) groups excluding carboxylic acids is 1. The lowest BCUT2D eigenvalue weighted by atomic mass is 10.1. The van der Waals surface area contributed by atoms with E-state index in [9.17, 15) is 9.18 Å². The molecule has 1 aliphatic heterocycles. The third-order valence-corrected chi connectivity index (χ3v) is 3.54. The van der Waals surface area contributed by atoms with Crippen LogP contribution in [0.2, 0.25) is 0 Å². The molecule has 0 saturated carbocycles. The quantitative estimate of drug-likeness (QED) is 0.832. The predicted molar refractivity (Wildman–Crippen MR) is 74.7 cm³/mol. The topological polar surface area (TPSA) is 50.4 Å². The van der Waals surface area contributed by atoms with Crippen LogP contribution in [0.5, 0.6) is 0 Å². The molecule has 0 bridgehead atoms. The van der Waals surface area contributed by atoms with Crippen molar-refractivity contribution in [1.29, 1.82) is 0 Å². The van der Waals surface area contributed by atoms with E-state index < -0.39 is 0 Å². The van der Waals surface area contributed by atoms with Gasteiger partial charge in [0.2, 0.25) is 5.91 Å². The van der Waals surface area contributed by atoms with Crippen LogP contribution in [-0.4, -0.2) is 31.2 Å². The summed E-state index contributed by atoms with van der Waals surface area (Å²) < 4.78 is 18.9. The zero-order valence-corrected chi connectivity index (χ0v) is 11.7. The summed E-state index contributed by atoms with van der Waals surface area (Å²) in [6.45, 7) is 3.24. The first-order valence-electron chi connectivity index (χ1n) is 7.02. The van der Waals surface area contributed by atoms with Gasteiger partial charge in [-0.2, -0.15) is 0 Å². The summed E-state index contributed by atoms with van der Waals surface area (Å²) in [5.74, 6) is -0.438. The predicted octanol–water partition coefficient (Wildman–Crippen LogP) is 1.60. The third-order valence-electron chi connectivity index (χ3n) is 3.54. The first-order valence-corrected chi connectivity index (χ1v) is 7.02. The van der Waals surface area contributed by atoms with Gasteiger partial charge in [0, 0.05) is 24.8 Å². The molecule has 1 aromatic rings. The number of ether oxygens (including phenoxy) is 1. The number of amides is 1. The van der Waals surface area contributed by atoms with Crippen molar-refractivity contribution in [2.45, 2.75) is 38.5 Å². The first kappa shape index (κ1) is 14.9. The van der Waals surface area contributed by atoms with Crippen molar-refractivity contribution in [3.05, 3.63) is 35.6 Å². The summed E-state index contributed by atoms with van der Waals surface area (Å²) in [5, 5.41) is 5.85. The standard InChI is InChI=1S/C15H21FN2O2/c1-11(14-7-4-8-20-14)17-10-15(19)18-9-12-5-2-3-6-13(12)16/h2-3,5-6,11,14,17H,4,7-10H2,1H3,(H,18,19)/t11-,14+/m0/s1. The zero-order chi connectivity index (χ0) is 14.4. The SMILES string of the molecule is C[C@H](NCC(=O)NCc1ccccc1F)[C@H]1CCCO1. The summed E-state index contributed by atoms with van der Waals surface area (Å²) in [6, 6.07) is 6.59. The molecule has 0 spiro atoms. The molecule has 0 radical (unpaired) electrons. The molecule has 1 saturated heterocycles. The Kier molecular flexibility index (Phi) is 5.49. The molecule has 110 valence electrons. The van der Waals surface area contributed by atoms with Crippen LogP contribution in [0.15, 0.2) is 24.3 Å². The fourth-order valence-corrected chi connectivity index (χ4v) is 2.28. The highest BCUT2D eigenvalue weighted by molar-refractivity contribution is 5.78. The molecular weight excluding hydrogens is 259 g/mol. The summed E-state index contributed by atoms with van der Waals surface area (Å²) in [7, 11) is 0. The fraction of sp³-hybridized carbons (Fsp3) is 0.533. The average molecular weight is 280 g/mol. The highest BCUT2D eigenvalue weighted by Gasteiger charge is 2.22. The Morgan fingerprint density at radius 2 is 2.30 bits per heavy atom. The second-order valence-electron chi connectivity index (χ2n) is 5.09. The lowest BCUT2D eigenvalue weighted by Crippen LogP contribution is -2.43. The van der Waals surface area contributed by atoms with E-state index >= 15 is 0 Å². The van der Waals surface area contributed by atoms with Gasteiger partial charge in [-0.05, 0) is 25.8 Å². The molecule has 1 fully saturated rings. The van der Waals surface area contributed by atoms with E-state index in [0.29, 0.717) is 5.56 Å². The van der Waals surface area contributed by atoms with E-state index in [1.54, 1.807) is 18.2 Å². The number of nitrogens with one attached hydrogen (secondary N) is 2. The molecule has 0 aliphatic carbocycles. The van der Waals surface area contributed by atoms with Crippen LogP contribution >= 0.6 is 0 Å². The Morgan fingerprint density at radius 1 is 1.50 bits per heavy atom. The van der Waals surface area contributed by atoms with Gasteiger partial charge in [0.1, 0.15) is 5.82 Å². The van der Waals surface area contributed by atoms with Gasteiger partial charge < -0.3 is 15.4 Å². The van der Waals surface area contributed by atoms with E-state index in [1.807, 2.05) is 6.92 Å². The van der Waals surface area contributed by atoms with Crippen LogP contribution in [0.4, 0.5) is 4.39 Å². The van der Waals surface area contributed by atoms with Crippen LogP contribution in [0, 0.1) is 5.82 Å². The maximum atomic E-state index is 13.4. The first-order chi connectivity index (χ1) is 9.66. The molecule has 1 amide bonds. The van der Waals surface area contributed by atoms with E-state index in [0.717, 1.165) is 19.4 Å². The Balaban J connectivity index is 1.69. The summed E-state index contributed by atoms with van der Waals surface area (Å²) >= 11 is 0. The highest BCUT2D eigenvalue weighted by Crippen LogP contribution is 2.15. The summed E-state index contributed by atoms with van der Waals surface area (Å²) in [6.07, 6.45) is 2.30. The van der Waals surface area contributed by atoms with Crippen LogP contribution in [0.1, 0.15) is 25.3 Å². The van der Waals surface area contributed by atoms with Gasteiger partial charge >= 0.3 is 0 Å².